The molecule has 22 heavy (non-hydrogen) atoms. The highest BCUT2D eigenvalue weighted by Gasteiger charge is 2.10. The quantitative estimate of drug-likeness (QED) is 0.407. The number of benzene rings is 1. The Hall–Kier alpha value is -3.54. The van der Waals surface area contributed by atoms with Gasteiger partial charge in [0.25, 0.3) is 0 Å². The van der Waals surface area contributed by atoms with Gasteiger partial charge in [0, 0.05) is 22.7 Å². The average Bonchev–Trinajstić information content (AvgIpc) is 2.92. The summed E-state index contributed by atoms with van der Waals surface area (Å²) in [6, 6.07) is 5.97. The van der Waals surface area contributed by atoms with Crippen LogP contribution >= 0.6 is 0 Å². The van der Waals surface area contributed by atoms with Gasteiger partial charge >= 0.3 is 6.15 Å². The van der Waals surface area contributed by atoms with Crippen LogP contribution in [0.2, 0.25) is 0 Å². The Bertz CT molecular complexity index is 890. The Balaban J connectivity index is 0.000000545. The minimum atomic E-state index is 0.204. The molecule has 0 atom stereocenters. The molecule has 0 radical (unpaired) electrons. The van der Waals surface area contributed by atoms with Crippen molar-refractivity contribution in [3.05, 3.63) is 52.8 Å². The molecule has 0 N–H and O–H groups in total. The molecule has 0 spiro atoms. The second-order valence-electron chi connectivity index (χ2n) is 4.09. The molecule has 0 saturated heterocycles. The Morgan fingerprint density at radius 3 is 2.73 bits per heavy atom. The maximum absolute atomic E-state index is 8.55. The lowest BCUT2D eigenvalue weighted by atomic mass is 10.2. The summed E-state index contributed by atoms with van der Waals surface area (Å²) in [5.74, 6) is 0.620. The zero-order valence-electron chi connectivity index (χ0n) is 11.4. The summed E-state index contributed by atoms with van der Waals surface area (Å²) in [6.07, 6.45) is 5.01. The first kappa shape index (κ1) is 14.9. The second kappa shape index (κ2) is 6.76. The van der Waals surface area contributed by atoms with Crippen molar-refractivity contribution in [1.29, 1.82) is 0 Å². The molecule has 0 saturated carbocycles. The fraction of sp³-hybridized carbons (Fsp3) is 0.0769. The lowest BCUT2D eigenvalue weighted by Crippen LogP contribution is -2.00. The Morgan fingerprint density at radius 2 is 2.00 bits per heavy atom. The molecule has 9 nitrogen and oxygen atoms in total. The number of hydrogen-bond donors (Lipinski definition) is 0. The highest BCUT2D eigenvalue weighted by Crippen LogP contribution is 2.23. The number of rotatable bonds is 2. The maximum Gasteiger partial charge on any atom is 0.373 e. The van der Waals surface area contributed by atoms with Crippen LogP contribution in [0.3, 0.4) is 0 Å². The Labute approximate surface area is 123 Å². The molecule has 0 bridgehead atoms. The average molecular weight is 295 g/mol. The first-order chi connectivity index (χ1) is 10.7. The molecule has 0 aliphatic heterocycles. The third-order valence-electron chi connectivity index (χ3n) is 2.72. The topological polar surface area (TPSA) is 126 Å². The van der Waals surface area contributed by atoms with E-state index in [1.54, 1.807) is 10.9 Å². The van der Waals surface area contributed by atoms with Crippen molar-refractivity contribution in [2.45, 2.75) is 6.92 Å². The fourth-order valence-electron chi connectivity index (χ4n) is 1.91. The molecule has 0 amide bonds. The van der Waals surface area contributed by atoms with Crippen molar-refractivity contribution in [2.75, 3.05) is 0 Å². The SMILES string of the molecule is Cc1ccc2c(cnn2-c2nccnc2N=[N+]=[N-])c1.O=C=O. The number of hydrogen-bond acceptors (Lipinski definition) is 6. The van der Waals surface area contributed by atoms with Crippen LogP contribution in [-0.4, -0.2) is 25.9 Å². The summed E-state index contributed by atoms with van der Waals surface area (Å²) in [6.45, 7) is 2.02. The number of aromatic nitrogens is 4. The minimum Gasteiger partial charge on any atom is -0.249 e. The van der Waals surface area contributed by atoms with Crippen molar-refractivity contribution < 1.29 is 9.59 Å². The van der Waals surface area contributed by atoms with E-state index < -0.39 is 0 Å². The molecule has 0 unspecified atom stereocenters. The molecular formula is C13H9N7O2. The van der Waals surface area contributed by atoms with E-state index >= 15 is 0 Å². The van der Waals surface area contributed by atoms with Gasteiger partial charge < -0.3 is 0 Å². The molecule has 1 aromatic carbocycles. The second-order valence-corrected chi connectivity index (χ2v) is 4.09. The van der Waals surface area contributed by atoms with Gasteiger partial charge in [0.1, 0.15) is 0 Å². The van der Waals surface area contributed by atoms with E-state index in [4.69, 9.17) is 15.1 Å². The molecule has 0 fully saturated rings. The zero-order valence-corrected chi connectivity index (χ0v) is 11.4. The summed E-state index contributed by atoms with van der Waals surface area (Å²) in [5, 5.41) is 8.81. The summed E-state index contributed by atoms with van der Waals surface area (Å²) in [5.41, 5.74) is 10.6. The summed E-state index contributed by atoms with van der Waals surface area (Å²) >= 11 is 0. The van der Waals surface area contributed by atoms with Gasteiger partial charge in [0.15, 0.2) is 11.6 Å². The van der Waals surface area contributed by atoms with E-state index in [1.165, 1.54) is 12.4 Å². The molecule has 0 aliphatic rings. The number of carbonyl (C=O) groups excluding carboxylic acids is 2. The predicted octanol–water partition coefficient (Wildman–Crippen LogP) is 2.48. The van der Waals surface area contributed by atoms with Crippen LogP contribution in [0.4, 0.5) is 5.82 Å². The van der Waals surface area contributed by atoms with Gasteiger partial charge in [-0.1, -0.05) is 11.6 Å². The van der Waals surface area contributed by atoms with E-state index in [1.807, 2.05) is 25.1 Å². The van der Waals surface area contributed by atoms with E-state index in [-0.39, 0.29) is 12.0 Å². The van der Waals surface area contributed by atoms with Crippen LogP contribution in [0.25, 0.3) is 27.2 Å². The third kappa shape index (κ3) is 2.96. The summed E-state index contributed by atoms with van der Waals surface area (Å²) < 4.78 is 1.62. The van der Waals surface area contributed by atoms with Crippen LogP contribution in [0.5, 0.6) is 0 Å². The van der Waals surface area contributed by atoms with E-state index in [2.05, 4.69) is 25.1 Å². The van der Waals surface area contributed by atoms with E-state index in [0.717, 1.165) is 16.5 Å². The van der Waals surface area contributed by atoms with Crippen molar-refractivity contribution in [3.63, 3.8) is 0 Å². The van der Waals surface area contributed by atoms with Crippen LogP contribution < -0.4 is 0 Å². The normalized spacial score (nSPS) is 9.32. The largest absolute Gasteiger partial charge is 0.373 e. The van der Waals surface area contributed by atoms with Crippen molar-refractivity contribution >= 4 is 22.9 Å². The molecule has 2 aromatic heterocycles. The maximum atomic E-state index is 8.55. The third-order valence-corrected chi connectivity index (χ3v) is 2.72. The van der Waals surface area contributed by atoms with Crippen molar-refractivity contribution in [2.24, 2.45) is 5.11 Å². The van der Waals surface area contributed by atoms with Gasteiger partial charge in [-0.25, -0.2) is 14.6 Å². The summed E-state index contributed by atoms with van der Waals surface area (Å²) in [7, 11) is 0. The molecule has 3 rings (SSSR count). The van der Waals surface area contributed by atoms with Gasteiger partial charge in [-0.05, 0) is 29.7 Å². The number of nitrogens with zero attached hydrogens (tertiary/aromatic N) is 7. The van der Waals surface area contributed by atoms with Gasteiger partial charge in [0.2, 0.25) is 0 Å². The van der Waals surface area contributed by atoms with Crippen LogP contribution in [0.1, 0.15) is 5.56 Å². The molecule has 2 heterocycles. The monoisotopic (exact) mass is 295 g/mol. The van der Waals surface area contributed by atoms with Gasteiger partial charge in [0.05, 0.1) is 11.7 Å². The minimum absolute atomic E-state index is 0.204. The van der Waals surface area contributed by atoms with E-state index in [9.17, 15) is 0 Å². The van der Waals surface area contributed by atoms with Crippen LogP contribution in [-0.2, 0) is 9.59 Å². The lowest BCUT2D eigenvalue weighted by molar-refractivity contribution is -0.191. The molecule has 0 aliphatic carbocycles. The molecule has 108 valence electrons. The van der Waals surface area contributed by atoms with Crippen molar-refractivity contribution in [3.8, 4) is 5.82 Å². The number of aryl methyl sites for hydroxylation is 1. The predicted molar refractivity (Wildman–Crippen MR) is 75.2 cm³/mol. The highest BCUT2D eigenvalue weighted by atomic mass is 16.2. The van der Waals surface area contributed by atoms with E-state index in [0.29, 0.717) is 5.82 Å². The zero-order chi connectivity index (χ0) is 15.9. The van der Waals surface area contributed by atoms with Gasteiger partial charge in [-0.3, -0.25) is 0 Å². The van der Waals surface area contributed by atoms with Crippen LogP contribution in [0.15, 0.2) is 41.9 Å². The lowest BCUT2D eigenvalue weighted by Gasteiger charge is -2.04. The smallest absolute Gasteiger partial charge is 0.249 e. The Morgan fingerprint density at radius 1 is 1.27 bits per heavy atom. The first-order valence-electron chi connectivity index (χ1n) is 6.01. The Kier molecular flexibility index (Phi) is 4.56. The van der Waals surface area contributed by atoms with Crippen LogP contribution in [0, 0.1) is 6.92 Å². The highest BCUT2D eigenvalue weighted by molar-refractivity contribution is 5.81. The number of fused-ring (bicyclic) bond motifs is 1. The first-order valence-corrected chi connectivity index (χ1v) is 6.01. The fourth-order valence-corrected chi connectivity index (χ4v) is 1.91. The van der Waals surface area contributed by atoms with Gasteiger partial charge in [-0.2, -0.15) is 14.7 Å². The standard InChI is InChI=1S/C12H9N7.CO2/c1-8-2-3-10-9(6-8)7-16-19(10)12-11(17-18-13)14-4-5-15-12;2-1-3/h2-7H,1H3;. The molecular weight excluding hydrogens is 286 g/mol. The van der Waals surface area contributed by atoms with Crippen molar-refractivity contribution in [1.82, 2.24) is 19.7 Å². The van der Waals surface area contributed by atoms with Gasteiger partial charge in [-0.15, -0.1) is 0 Å². The molecule has 3 aromatic rings. The number of azide groups is 1. The summed E-state index contributed by atoms with van der Waals surface area (Å²) in [4.78, 5) is 27.2. The molecule has 9 heteroatoms.